The predicted octanol–water partition coefficient (Wildman–Crippen LogP) is 5.82. The van der Waals surface area contributed by atoms with E-state index in [-0.39, 0.29) is 24.0 Å². The zero-order valence-corrected chi connectivity index (χ0v) is 24.3. The van der Waals surface area contributed by atoms with E-state index in [1.807, 2.05) is 50.3 Å². The number of nitrogens with one attached hydrogen (secondary N) is 2. The van der Waals surface area contributed by atoms with Gasteiger partial charge in [-0.05, 0) is 61.7 Å². The molecule has 8 heteroatoms. The van der Waals surface area contributed by atoms with Gasteiger partial charge in [-0.25, -0.2) is 9.59 Å². The van der Waals surface area contributed by atoms with Gasteiger partial charge in [-0.1, -0.05) is 48.6 Å². The van der Waals surface area contributed by atoms with Crippen molar-refractivity contribution < 1.29 is 19.1 Å². The normalized spacial score (nSPS) is 20.0. The lowest BCUT2D eigenvalue weighted by molar-refractivity contribution is -0.140. The van der Waals surface area contributed by atoms with Crippen LogP contribution in [0.5, 0.6) is 0 Å². The summed E-state index contributed by atoms with van der Waals surface area (Å²) in [6.07, 6.45) is 5.47. The summed E-state index contributed by atoms with van der Waals surface area (Å²) in [7, 11) is 0. The summed E-state index contributed by atoms with van der Waals surface area (Å²) in [4.78, 5) is 37.4. The van der Waals surface area contributed by atoms with Crippen molar-refractivity contribution in [1.82, 2.24) is 19.8 Å². The van der Waals surface area contributed by atoms with Crippen molar-refractivity contribution in [3.63, 3.8) is 0 Å². The van der Waals surface area contributed by atoms with Crippen LogP contribution in [0.2, 0.25) is 0 Å². The van der Waals surface area contributed by atoms with Crippen LogP contribution in [-0.4, -0.2) is 71.1 Å². The second-order valence-electron chi connectivity index (χ2n) is 11.0. The first-order valence-corrected chi connectivity index (χ1v) is 14.9. The molecule has 2 aromatic carbocycles. The molecule has 0 radical (unpaired) electrons. The zero-order chi connectivity index (χ0) is 29.1. The third-order valence-electron chi connectivity index (χ3n) is 8.37. The van der Waals surface area contributed by atoms with Crippen LogP contribution in [0.1, 0.15) is 50.2 Å². The highest BCUT2D eigenvalue weighted by atomic mass is 16.5. The van der Waals surface area contributed by atoms with Gasteiger partial charge in [0.05, 0.1) is 25.3 Å². The van der Waals surface area contributed by atoms with Crippen LogP contribution >= 0.6 is 0 Å². The summed E-state index contributed by atoms with van der Waals surface area (Å²) >= 11 is 0. The Morgan fingerprint density at radius 1 is 0.714 bits per heavy atom. The molecule has 0 saturated heterocycles. The van der Waals surface area contributed by atoms with Crippen LogP contribution in [0.25, 0.3) is 21.8 Å². The van der Waals surface area contributed by atoms with E-state index in [4.69, 9.17) is 9.47 Å². The van der Waals surface area contributed by atoms with E-state index >= 15 is 0 Å². The molecule has 2 N–H and O–H groups in total. The lowest BCUT2D eigenvalue weighted by Gasteiger charge is -2.39. The Labute approximate surface area is 246 Å². The van der Waals surface area contributed by atoms with Crippen LogP contribution in [0.3, 0.4) is 0 Å². The fourth-order valence-electron chi connectivity index (χ4n) is 6.26. The summed E-state index contributed by atoms with van der Waals surface area (Å²) in [6.45, 7) is 6.81. The molecule has 2 aromatic heterocycles. The van der Waals surface area contributed by atoms with Gasteiger partial charge in [0.2, 0.25) is 0 Å². The van der Waals surface area contributed by atoms with Gasteiger partial charge >= 0.3 is 11.9 Å². The van der Waals surface area contributed by atoms with Crippen molar-refractivity contribution in [2.75, 3.05) is 39.4 Å². The molecule has 218 valence electrons. The highest BCUT2D eigenvalue weighted by Gasteiger charge is 2.32. The molecular formula is C34H38N4O4. The number of H-pyrrole nitrogens is 2. The average molecular weight is 567 g/mol. The Bertz CT molecular complexity index is 1460. The summed E-state index contributed by atoms with van der Waals surface area (Å²) in [5, 5.41) is 2.35. The molecule has 42 heavy (non-hydrogen) atoms. The Hall–Kier alpha value is -4.14. The highest BCUT2D eigenvalue weighted by molar-refractivity contribution is 5.90. The van der Waals surface area contributed by atoms with E-state index in [1.54, 1.807) is 0 Å². The number of benzene rings is 2. The van der Waals surface area contributed by atoms with Crippen LogP contribution < -0.4 is 0 Å². The second kappa shape index (κ2) is 12.4. The average Bonchev–Trinajstić information content (AvgIpc) is 3.64. The molecule has 0 aliphatic carbocycles. The number of rotatable bonds is 9. The van der Waals surface area contributed by atoms with Gasteiger partial charge in [0.15, 0.2) is 0 Å². The third kappa shape index (κ3) is 5.78. The number of hydrogen-bond donors (Lipinski definition) is 2. The molecule has 0 amide bonds. The molecule has 4 aromatic rings. The summed E-state index contributed by atoms with van der Waals surface area (Å²) in [5.74, 6) is -0.502. The number of fused-ring (bicyclic) bond motifs is 2. The van der Waals surface area contributed by atoms with Gasteiger partial charge in [0.1, 0.15) is 0 Å². The van der Waals surface area contributed by atoms with Crippen molar-refractivity contribution in [2.24, 2.45) is 0 Å². The minimum Gasteiger partial charge on any atom is -0.463 e. The molecule has 2 aliphatic rings. The Kier molecular flexibility index (Phi) is 8.26. The van der Waals surface area contributed by atoms with E-state index in [0.29, 0.717) is 63.4 Å². The van der Waals surface area contributed by atoms with Crippen molar-refractivity contribution in [3.8, 4) is 0 Å². The minimum absolute atomic E-state index is 0.0898. The number of aromatic nitrogens is 2. The molecule has 0 saturated carbocycles. The largest absolute Gasteiger partial charge is 0.463 e. The van der Waals surface area contributed by atoms with Gasteiger partial charge in [-0.15, -0.1) is 0 Å². The third-order valence-corrected chi connectivity index (χ3v) is 8.37. The van der Waals surface area contributed by atoms with Gasteiger partial charge in [-0.2, -0.15) is 0 Å². The van der Waals surface area contributed by atoms with Crippen molar-refractivity contribution >= 4 is 33.7 Å². The monoisotopic (exact) mass is 566 g/mol. The van der Waals surface area contributed by atoms with Crippen LogP contribution in [0.15, 0.2) is 84.0 Å². The number of esters is 2. The van der Waals surface area contributed by atoms with E-state index in [1.165, 1.54) is 10.8 Å². The van der Waals surface area contributed by atoms with E-state index < -0.39 is 0 Å². The van der Waals surface area contributed by atoms with Crippen molar-refractivity contribution in [2.45, 2.75) is 38.8 Å². The van der Waals surface area contributed by atoms with Crippen molar-refractivity contribution in [1.29, 1.82) is 0 Å². The number of aromatic amines is 2. The lowest BCUT2D eigenvalue weighted by Crippen LogP contribution is -2.44. The Morgan fingerprint density at radius 3 is 1.55 bits per heavy atom. The van der Waals surface area contributed by atoms with E-state index in [9.17, 15) is 9.59 Å². The molecule has 6 rings (SSSR count). The number of hydrogen-bond acceptors (Lipinski definition) is 6. The number of nitrogens with zero attached hydrogens (tertiary/aromatic N) is 2. The zero-order valence-electron chi connectivity index (χ0n) is 24.3. The first-order valence-electron chi connectivity index (χ1n) is 14.9. The number of carbonyl (C=O) groups is 2. The molecule has 2 atom stereocenters. The molecule has 0 spiro atoms. The number of carbonyl (C=O) groups excluding carboxylic acids is 2. The fourth-order valence-corrected chi connectivity index (χ4v) is 6.26. The van der Waals surface area contributed by atoms with Gasteiger partial charge in [0.25, 0.3) is 0 Å². The second-order valence-corrected chi connectivity index (χ2v) is 11.0. The molecule has 2 unspecified atom stereocenters. The Morgan fingerprint density at radius 2 is 1.14 bits per heavy atom. The first-order chi connectivity index (χ1) is 20.5. The number of para-hydroxylation sites is 2. The molecule has 4 heterocycles. The summed E-state index contributed by atoms with van der Waals surface area (Å²) in [5.41, 5.74) is 5.87. The molecule has 8 nitrogen and oxygen atoms in total. The van der Waals surface area contributed by atoms with Gasteiger partial charge in [0, 0.05) is 59.7 Å². The maximum absolute atomic E-state index is 12.7. The maximum atomic E-state index is 12.7. The van der Waals surface area contributed by atoms with E-state index in [2.05, 4.69) is 56.2 Å². The standard InChI is InChI=1S/C34H38N4O4/c1-3-41-33(39)25-13-15-31(29-19-23-9-5-7-11-27(23)35-29)37(21-25)17-18-38-22-26(34(40)42-4-2)14-16-32(38)30-20-24-10-6-8-12-28(24)36-30/h5-14,19-20,31-32,35-36H,3-4,15-18,21-22H2,1-2H3. The minimum atomic E-state index is -0.251. The summed E-state index contributed by atoms with van der Waals surface area (Å²) in [6, 6.07) is 21.2. The number of ether oxygens (including phenoxy) is 2. The lowest BCUT2D eigenvalue weighted by atomic mass is 9.98. The molecular weight excluding hydrogens is 528 g/mol. The SMILES string of the molecule is CCOC(=O)C1=CCC(c2cc3ccccc3[nH]2)N(CCN2CC(C(=O)OCC)=CCC2c2cc3ccccc3[nH]2)C1. The molecule has 2 aliphatic heterocycles. The van der Waals surface area contributed by atoms with Gasteiger partial charge < -0.3 is 19.4 Å². The van der Waals surface area contributed by atoms with E-state index in [0.717, 1.165) is 22.4 Å². The fraction of sp³-hybridized carbons (Fsp3) is 0.353. The van der Waals surface area contributed by atoms with Gasteiger partial charge in [-0.3, -0.25) is 9.80 Å². The molecule has 0 bridgehead atoms. The Balaban J connectivity index is 1.28. The summed E-state index contributed by atoms with van der Waals surface area (Å²) < 4.78 is 10.7. The van der Waals surface area contributed by atoms with Crippen LogP contribution in [-0.2, 0) is 19.1 Å². The quantitative estimate of drug-likeness (QED) is 0.248. The topological polar surface area (TPSA) is 90.7 Å². The van der Waals surface area contributed by atoms with Crippen LogP contribution in [0.4, 0.5) is 0 Å². The predicted molar refractivity (Wildman–Crippen MR) is 164 cm³/mol. The highest BCUT2D eigenvalue weighted by Crippen LogP contribution is 2.35. The van der Waals surface area contributed by atoms with Crippen LogP contribution in [0, 0.1) is 0 Å². The maximum Gasteiger partial charge on any atom is 0.334 e. The smallest absolute Gasteiger partial charge is 0.334 e. The van der Waals surface area contributed by atoms with Crippen molar-refractivity contribution in [3.05, 3.63) is 95.3 Å². The first kappa shape index (κ1) is 28.0. The molecule has 0 fully saturated rings.